The molecule has 15 heavy (non-hydrogen) atoms. The molecule has 1 amide bonds. The second-order valence-corrected chi connectivity index (χ2v) is 5.03. The van der Waals surface area contributed by atoms with Crippen molar-refractivity contribution in [3.05, 3.63) is 32.2 Å². The molecule has 1 aromatic carbocycles. The predicted octanol–water partition coefficient (Wildman–Crippen LogP) is 2.49. The molecule has 0 atom stereocenters. The second-order valence-electron chi connectivity index (χ2n) is 2.88. The Labute approximate surface area is 110 Å². The number of nitrogens with two attached hydrogens (primary N) is 1. The summed E-state index contributed by atoms with van der Waals surface area (Å²) in [5, 5.41) is 2.33. The van der Waals surface area contributed by atoms with Crippen LogP contribution in [0.15, 0.2) is 21.1 Å². The van der Waals surface area contributed by atoms with E-state index in [0.717, 1.165) is 14.5 Å². The number of hydrogen-bond donors (Lipinski definition) is 2. The molecule has 3 N–H and O–H groups in total. The molecular formula is C9H8Br2N2OS. The van der Waals surface area contributed by atoms with Crippen molar-refractivity contribution in [3.8, 4) is 0 Å². The summed E-state index contributed by atoms with van der Waals surface area (Å²) in [7, 11) is 0. The van der Waals surface area contributed by atoms with E-state index >= 15 is 0 Å². The Balaban J connectivity index is 3.06. The third-order valence-corrected chi connectivity index (χ3v) is 3.53. The number of halogens is 2. The maximum Gasteiger partial charge on any atom is 0.257 e. The highest BCUT2D eigenvalue weighted by atomic mass is 79.9. The molecule has 0 radical (unpaired) electrons. The van der Waals surface area contributed by atoms with E-state index in [2.05, 4.69) is 49.4 Å². The van der Waals surface area contributed by atoms with Crippen molar-refractivity contribution in [2.75, 3.05) is 0 Å². The van der Waals surface area contributed by atoms with Crippen LogP contribution >= 0.6 is 44.1 Å². The first-order chi connectivity index (χ1) is 6.91. The summed E-state index contributed by atoms with van der Waals surface area (Å²) in [4.78, 5) is 11.6. The van der Waals surface area contributed by atoms with Gasteiger partial charge in [-0.3, -0.25) is 10.1 Å². The fourth-order valence-corrected chi connectivity index (χ4v) is 2.24. The van der Waals surface area contributed by atoms with Crippen molar-refractivity contribution >= 4 is 55.1 Å². The van der Waals surface area contributed by atoms with E-state index in [1.165, 1.54) is 0 Å². The molecule has 3 nitrogen and oxygen atoms in total. The Morgan fingerprint density at radius 1 is 1.40 bits per heavy atom. The third kappa shape index (κ3) is 3.25. The summed E-state index contributed by atoms with van der Waals surface area (Å²) in [6.07, 6.45) is 0. The van der Waals surface area contributed by atoms with Gasteiger partial charge in [0.1, 0.15) is 0 Å². The van der Waals surface area contributed by atoms with Crippen LogP contribution in [0.1, 0.15) is 15.9 Å². The molecule has 0 aliphatic carbocycles. The SMILES string of the molecule is Cc1c(Br)cc(C(=O)NC(N)=S)cc1Br. The molecular weight excluding hydrogens is 344 g/mol. The Hall–Kier alpha value is -0.460. The number of carbonyl (C=O) groups excluding carboxylic acids is 1. The summed E-state index contributed by atoms with van der Waals surface area (Å²) in [6, 6.07) is 3.43. The Morgan fingerprint density at radius 3 is 2.27 bits per heavy atom. The molecule has 0 saturated carbocycles. The maximum atomic E-state index is 11.6. The minimum atomic E-state index is -0.316. The number of benzene rings is 1. The van der Waals surface area contributed by atoms with E-state index in [-0.39, 0.29) is 11.0 Å². The number of nitrogens with one attached hydrogen (secondary N) is 1. The monoisotopic (exact) mass is 350 g/mol. The standard InChI is InChI=1S/C9H8Br2N2OS/c1-4-6(10)2-5(3-7(4)11)8(14)13-9(12)15/h2-3H,1H3,(H3,12,13,14,15). The van der Waals surface area contributed by atoms with Gasteiger partial charge in [-0.15, -0.1) is 0 Å². The lowest BCUT2D eigenvalue weighted by Crippen LogP contribution is -2.34. The molecule has 0 spiro atoms. The number of hydrogen-bond acceptors (Lipinski definition) is 2. The molecule has 1 rings (SSSR count). The van der Waals surface area contributed by atoms with E-state index in [1.807, 2.05) is 6.92 Å². The van der Waals surface area contributed by atoms with Crippen molar-refractivity contribution in [3.63, 3.8) is 0 Å². The number of thiocarbonyl (C=S) groups is 1. The lowest BCUT2D eigenvalue weighted by Gasteiger charge is -2.06. The fraction of sp³-hybridized carbons (Fsp3) is 0.111. The van der Waals surface area contributed by atoms with E-state index in [1.54, 1.807) is 12.1 Å². The van der Waals surface area contributed by atoms with Gasteiger partial charge in [-0.25, -0.2) is 0 Å². The molecule has 0 aliphatic rings. The van der Waals surface area contributed by atoms with E-state index in [4.69, 9.17) is 5.73 Å². The van der Waals surface area contributed by atoms with Crippen molar-refractivity contribution in [2.24, 2.45) is 5.73 Å². The number of amides is 1. The van der Waals surface area contributed by atoms with Gasteiger partial charge < -0.3 is 5.73 Å². The Morgan fingerprint density at radius 2 is 1.87 bits per heavy atom. The van der Waals surface area contributed by atoms with Crippen LogP contribution in [0.2, 0.25) is 0 Å². The van der Waals surface area contributed by atoms with Crippen LogP contribution in [-0.4, -0.2) is 11.0 Å². The zero-order valence-corrected chi connectivity index (χ0v) is 11.8. The van der Waals surface area contributed by atoms with Gasteiger partial charge >= 0.3 is 0 Å². The lowest BCUT2D eigenvalue weighted by molar-refractivity contribution is 0.0977. The van der Waals surface area contributed by atoms with Crippen molar-refractivity contribution in [1.82, 2.24) is 5.32 Å². The Kier molecular flexibility index (Phi) is 4.24. The molecule has 1 aromatic rings. The van der Waals surface area contributed by atoms with Crippen LogP contribution in [0.25, 0.3) is 0 Å². The average molecular weight is 352 g/mol. The zero-order valence-electron chi connectivity index (χ0n) is 7.80. The van der Waals surface area contributed by atoms with Crippen LogP contribution < -0.4 is 11.1 Å². The largest absolute Gasteiger partial charge is 0.376 e. The number of rotatable bonds is 1. The first-order valence-electron chi connectivity index (χ1n) is 3.98. The summed E-state index contributed by atoms with van der Waals surface area (Å²) < 4.78 is 1.70. The topological polar surface area (TPSA) is 55.1 Å². The zero-order chi connectivity index (χ0) is 11.6. The average Bonchev–Trinajstić information content (AvgIpc) is 2.12. The van der Waals surface area contributed by atoms with Gasteiger partial charge in [0.2, 0.25) is 0 Å². The molecule has 80 valence electrons. The van der Waals surface area contributed by atoms with Crippen molar-refractivity contribution in [1.29, 1.82) is 0 Å². The molecule has 6 heteroatoms. The molecule has 0 bridgehead atoms. The van der Waals surface area contributed by atoms with Crippen molar-refractivity contribution < 1.29 is 4.79 Å². The summed E-state index contributed by atoms with van der Waals surface area (Å²) in [5.74, 6) is -0.316. The summed E-state index contributed by atoms with van der Waals surface area (Å²) >= 11 is 11.3. The highest BCUT2D eigenvalue weighted by molar-refractivity contribution is 9.11. The van der Waals surface area contributed by atoms with E-state index < -0.39 is 0 Å². The van der Waals surface area contributed by atoms with Gasteiger partial charge in [-0.2, -0.15) is 0 Å². The van der Waals surface area contributed by atoms with Gasteiger partial charge in [0.25, 0.3) is 5.91 Å². The first kappa shape index (κ1) is 12.6. The van der Waals surface area contributed by atoms with Crippen LogP contribution in [0.3, 0.4) is 0 Å². The van der Waals surface area contributed by atoms with Gasteiger partial charge in [0.05, 0.1) is 0 Å². The lowest BCUT2D eigenvalue weighted by atomic mass is 10.1. The molecule has 0 aliphatic heterocycles. The minimum Gasteiger partial charge on any atom is -0.376 e. The van der Waals surface area contributed by atoms with Crippen LogP contribution in [0.5, 0.6) is 0 Å². The van der Waals surface area contributed by atoms with E-state index in [9.17, 15) is 4.79 Å². The molecule has 0 aromatic heterocycles. The van der Waals surface area contributed by atoms with Gasteiger partial charge in [-0.05, 0) is 36.8 Å². The summed E-state index contributed by atoms with van der Waals surface area (Å²) in [6.45, 7) is 1.93. The molecule has 0 saturated heterocycles. The van der Waals surface area contributed by atoms with Crippen LogP contribution in [-0.2, 0) is 0 Å². The highest BCUT2D eigenvalue weighted by Gasteiger charge is 2.10. The van der Waals surface area contributed by atoms with Gasteiger partial charge in [0, 0.05) is 14.5 Å². The predicted molar refractivity (Wildman–Crippen MR) is 70.8 cm³/mol. The third-order valence-electron chi connectivity index (χ3n) is 1.78. The van der Waals surface area contributed by atoms with Crippen LogP contribution in [0, 0.1) is 6.92 Å². The highest BCUT2D eigenvalue weighted by Crippen LogP contribution is 2.26. The molecule has 0 unspecified atom stereocenters. The first-order valence-corrected chi connectivity index (χ1v) is 5.97. The molecule has 0 fully saturated rings. The fourth-order valence-electron chi connectivity index (χ4n) is 0.960. The second kappa shape index (κ2) is 5.05. The smallest absolute Gasteiger partial charge is 0.257 e. The quantitative estimate of drug-likeness (QED) is 0.764. The van der Waals surface area contributed by atoms with Crippen LogP contribution in [0.4, 0.5) is 0 Å². The minimum absolute atomic E-state index is 0.0344. The van der Waals surface area contributed by atoms with Gasteiger partial charge in [0.15, 0.2) is 5.11 Å². The summed E-state index contributed by atoms with van der Waals surface area (Å²) in [5.41, 5.74) is 6.74. The molecule has 0 heterocycles. The van der Waals surface area contributed by atoms with Crippen molar-refractivity contribution in [2.45, 2.75) is 6.92 Å². The van der Waals surface area contributed by atoms with E-state index in [0.29, 0.717) is 5.56 Å². The normalized spacial score (nSPS) is 9.80. The number of carbonyl (C=O) groups is 1. The van der Waals surface area contributed by atoms with Gasteiger partial charge in [-0.1, -0.05) is 31.9 Å². The Bertz CT molecular complexity index is 411. The maximum absolute atomic E-state index is 11.6.